The minimum Gasteiger partial charge on any atom is -0.347 e. The van der Waals surface area contributed by atoms with Gasteiger partial charge in [0.05, 0.1) is 18.3 Å². The minimum atomic E-state index is -0.0644. The molecule has 0 aliphatic heterocycles. The molecule has 1 aromatic heterocycles. The summed E-state index contributed by atoms with van der Waals surface area (Å²) in [5.41, 5.74) is 0.822. The lowest BCUT2D eigenvalue weighted by Gasteiger charge is -2.21. The van der Waals surface area contributed by atoms with Crippen LogP contribution in [0, 0.1) is 0 Å². The lowest BCUT2D eigenvalue weighted by molar-refractivity contribution is -0.121. The number of hydrogen-bond acceptors (Lipinski definition) is 3. The van der Waals surface area contributed by atoms with Crippen LogP contribution in [0.3, 0.4) is 0 Å². The average Bonchev–Trinajstić information content (AvgIpc) is 2.27. The van der Waals surface area contributed by atoms with Crippen molar-refractivity contribution in [3.05, 3.63) is 30.1 Å². The van der Waals surface area contributed by atoms with Crippen LogP contribution in [-0.2, 0) is 4.79 Å². The molecule has 0 spiro atoms. The Kier molecular flexibility index (Phi) is 4.63. The van der Waals surface area contributed by atoms with Gasteiger partial charge in [0, 0.05) is 11.7 Å². The second-order valence-corrected chi connectivity index (χ2v) is 5.15. The molecule has 1 heterocycles. The highest BCUT2D eigenvalue weighted by atomic mass is 16.2. The summed E-state index contributed by atoms with van der Waals surface area (Å²) in [6.07, 6.45) is 1.73. The molecule has 4 nitrogen and oxygen atoms in total. The predicted octanol–water partition coefficient (Wildman–Crippen LogP) is 1.65. The van der Waals surface area contributed by atoms with Crippen molar-refractivity contribution in [3.8, 4) is 0 Å². The highest BCUT2D eigenvalue weighted by molar-refractivity contribution is 5.78. The van der Waals surface area contributed by atoms with Gasteiger partial charge in [0.2, 0.25) is 5.91 Å². The van der Waals surface area contributed by atoms with E-state index >= 15 is 0 Å². The molecule has 1 aromatic rings. The maximum atomic E-state index is 11.7. The van der Waals surface area contributed by atoms with E-state index in [9.17, 15) is 4.79 Å². The number of nitrogens with one attached hydrogen (secondary N) is 2. The Morgan fingerprint density at radius 3 is 2.65 bits per heavy atom. The van der Waals surface area contributed by atoms with Gasteiger partial charge < -0.3 is 10.6 Å². The van der Waals surface area contributed by atoms with Gasteiger partial charge in [0.25, 0.3) is 0 Å². The summed E-state index contributed by atoms with van der Waals surface area (Å²) in [6.45, 7) is 8.34. The van der Waals surface area contributed by atoms with E-state index < -0.39 is 0 Å². The van der Waals surface area contributed by atoms with Gasteiger partial charge >= 0.3 is 0 Å². The van der Waals surface area contributed by atoms with E-state index in [1.807, 2.05) is 45.9 Å². The van der Waals surface area contributed by atoms with Crippen LogP contribution >= 0.6 is 0 Å². The average molecular weight is 235 g/mol. The molecule has 1 atom stereocenters. The summed E-state index contributed by atoms with van der Waals surface area (Å²) in [7, 11) is 0. The third-order valence-corrected chi connectivity index (χ3v) is 2.29. The van der Waals surface area contributed by atoms with Crippen molar-refractivity contribution < 1.29 is 4.79 Å². The summed E-state index contributed by atoms with van der Waals surface area (Å²) in [5, 5.41) is 6.05. The standard InChI is InChI=1S/C13H21N3O/c1-10(11-7-5-6-8-14-11)16-12(17)9-15-13(2,3)4/h5-8,10,15H,9H2,1-4H3,(H,16,17)/t10-/m0/s1. The van der Waals surface area contributed by atoms with Crippen LogP contribution in [0.4, 0.5) is 0 Å². The molecule has 0 unspecified atom stereocenters. The second-order valence-electron chi connectivity index (χ2n) is 5.15. The zero-order valence-corrected chi connectivity index (χ0v) is 10.9. The number of nitrogens with zero attached hydrogens (tertiary/aromatic N) is 1. The Labute approximate surface area is 103 Å². The van der Waals surface area contributed by atoms with E-state index in [4.69, 9.17) is 0 Å². The summed E-state index contributed by atoms with van der Waals surface area (Å²) in [4.78, 5) is 15.9. The van der Waals surface area contributed by atoms with Gasteiger partial charge in [-0.05, 0) is 39.8 Å². The van der Waals surface area contributed by atoms with Crippen LogP contribution in [-0.4, -0.2) is 23.0 Å². The van der Waals surface area contributed by atoms with Crippen LogP contribution in [0.15, 0.2) is 24.4 Å². The molecule has 0 aromatic carbocycles. The summed E-state index contributed by atoms with van der Waals surface area (Å²) in [5.74, 6) is -0.0157. The Bertz CT molecular complexity index is 357. The molecule has 4 heteroatoms. The molecule has 1 amide bonds. The number of aromatic nitrogens is 1. The molecule has 2 N–H and O–H groups in total. The fourth-order valence-electron chi connectivity index (χ4n) is 1.34. The van der Waals surface area contributed by atoms with Gasteiger partial charge in [0.15, 0.2) is 0 Å². The Hall–Kier alpha value is -1.42. The van der Waals surface area contributed by atoms with E-state index in [1.165, 1.54) is 0 Å². The summed E-state index contributed by atoms with van der Waals surface area (Å²) >= 11 is 0. The normalized spacial score (nSPS) is 13.2. The molecular weight excluding hydrogens is 214 g/mol. The van der Waals surface area contributed by atoms with Crippen molar-refractivity contribution in [3.63, 3.8) is 0 Å². The van der Waals surface area contributed by atoms with Gasteiger partial charge in [-0.1, -0.05) is 6.07 Å². The lowest BCUT2D eigenvalue weighted by atomic mass is 10.1. The number of hydrogen-bond donors (Lipinski definition) is 2. The molecule has 0 radical (unpaired) electrons. The van der Waals surface area contributed by atoms with Gasteiger partial charge in [-0.3, -0.25) is 9.78 Å². The number of pyridine rings is 1. The Morgan fingerprint density at radius 2 is 2.12 bits per heavy atom. The van der Waals surface area contributed by atoms with Crippen LogP contribution < -0.4 is 10.6 Å². The number of carbonyl (C=O) groups excluding carboxylic acids is 1. The topological polar surface area (TPSA) is 54.0 Å². The van der Waals surface area contributed by atoms with Crippen LogP contribution in [0.25, 0.3) is 0 Å². The number of carbonyl (C=O) groups is 1. The Balaban J connectivity index is 2.42. The molecule has 1 rings (SSSR count). The van der Waals surface area contributed by atoms with Crippen molar-refractivity contribution in [2.75, 3.05) is 6.54 Å². The lowest BCUT2D eigenvalue weighted by Crippen LogP contribution is -2.43. The molecule has 17 heavy (non-hydrogen) atoms. The molecule has 0 bridgehead atoms. The van der Waals surface area contributed by atoms with E-state index in [0.29, 0.717) is 6.54 Å². The maximum Gasteiger partial charge on any atom is 0.234 e. The van der Waals surface area contributed by atoms with E-state index in [0.717, 1.165) is 5.69 Å². The van der Waals surface area contributed by atoms with E-state index in [1.54, 1.807) is 6.20 Å². The van der Waals surface area contributed by atoms with Crippen molar-refractivity contribution in [2.24, 2.45) is 0 Å². The molecular formula is C13H21N3O. The second kappa shape index (κ2) is 5.77. The molecule has 0 saturated carbocycles. The number of amides is 1. The van der Waals surface area contributed by atoms with E-state index in [-0.39, 0.29) is 17.5 Å². The summed E-state index contributed by atoms with van der Waals surface area (Å²) in [6, 6.07) is 5.62. The predicted molar refractivity (Wildman–Crippen MR) is 68.6 cm³/mol. The first-order chi connectivity index (χ1) is 7.88. The first-order valence-electron chi connectivity index (χ1n) is 5.84. The van der Waals surface area contributed by atoms with Crippen molar-refractivity contribution in [1.29, 1.82) is 0 Å². The first kappa shape index (κ1) is 13.6. The monoisotopic (exact) mass is 235 g/mol. The van der Waals surface area contributed by atoms with Gasteiger partial charge in [-0.15, -0.1) is 0 Å². The first-order valence-corrected chi connectivity index (χ1v) is 5.84. The highest BCUT2D eigenvalue weighted by Gasteiger charge is 2.13. The van der Waals surface area contributed by atoms with Crippen molar-refractivity contribution in [2.45, 2.75) is 39.3 Å². The Morgan fingerprint density at radius 1 is 1.41 bits per heavy atom. The van der Waals surface area contributed by atoms with Crippen LogP contribution in [0.1, 0.15) is 39.4 Å². The molecule has 0 saturated heterocycles. The summed E-state index contributed by atoms with van der Waals surface area (Å²) < 4.78 is 0. The van der Waals surface area contributed by atoms with Gasteiger partial charge in [-0.25, -0.2) is 0 Å². The minimum absolute atomic E-state index is 0.0157. The van der Waals surface area contributed by atoms with Crippen molar-refractivity contribution >= 4 is 5.91 Å². The van der Waals surface area contributed by atoms with Gasteiger partial charge in [0.1, 0.15) is 0 Å². The smallest absolute Gasteiger partial charge is 0.234 e. The molecule has 94 valence electrons. The van der Waals surface area contributed by atoms with Gasteiger partial charge in [-0.2, -0.15) is 0 Å². The third kappa shape index (κ3) is 5.45. The fourth-order valence-corrected chi connectivity index (χ4v) is 1.34. The molecule has 0 aliphatic rings. The van der Waals surface area contributed by atoms with Crippen LogP contribution in [0.5, 0.6) is 0 Å². The zero-order valence-electron chi connectivity index (χ0n) is 10.9. The molecule has 0 aliphatic carbocycles. The van der Waals surface area contributed by atoms with Crippen LogP contribution in [0.2, 0.25) is 0 Å². The SMILES string of the molecule is C[C@H](NC(=O)CNC(C)(C)C)c1ccccn1. The fraction of sp³-hybridized carbons (Fsp3) is 0.538. The number of rotatable bonds is 4. The zero-order chi connectivity index (χ0) is 12.9. The largest absolute Gasteiger partial charge is 0.347 e. The quantitative estimate of drug-likeness (QED) is 0.834. The highest BCUT2D eigenvalue weighted by Crippen LogP contribution is 2.07. The molecule has 0 fully saturated rings. The maximum absolute atomic E-state index is 11.7. The van der Waals surface area contributed by atoms with Crippen molar-refractivity contribution in [1.82, 2.24) is 15.6 Å². The third-order valence-electron chi connectivity index (χ3n) is 2.29. The van der Waals surface area contributed by atoms with E-state index in [2.05, 4.69) is 15.6 Å².